The van der Waals surface area contributed by atoms with E-state index < -0.39 is 34.2 Å². The second-order valence-corrected chi connectivity index (χ2v) is 9.60. The third kappa shape index (κ3) is 4.51. The van der Waals surface area contributed by atoms with Crippen molar-refractivity contribution in [2.75, 3.05) is 17.1 Å². The van der Waals surface area contributed by atoms with Crippen LogP contribution in [0.3, 0.4) is 0 Å². The van der Waals surface area contributed by atoms with E-state index in [4.69, 9.17) is 11.6 Å². The van der Waals surface area contributed by atoms with Gasteiger partial charge >= 0.3 is 6.18 Å². The van der Waals surface area contributed by atoms with E-state index in [1.54, 1.807) is 0 Å². The first kappa shape index (κ1) is 20.3. The molecule has 2 bridgehead atoms. The van der Waals surface area contributed by atoms with Crippen molar-refractivity contribution in [3.05, 3.63) is 28.8 Å². The summed E-state index contributed by atoms with van der Waals surface area (Å²) in [4.78, 5) is 12.4. The van der Waals surface area contributed by atoms with Gasteiger partial charge in [0.15, 0.2) is 0 Å². The molecule has 0 saturated heterocycles. The van der Waals surface area contributed by atoms with Crippen molar-refractivity contribution in [3.63, 3.8) is 0 Å². The Morgan fingerprint density at radius 2 is 2.00 bits per heavy atom. The molecule has 1 N–H and O–H groups in total. The summed E-state index contributed by atoms with van der Waals surface area (Å²) in [5.74, 6) is 0.429. The summed E-state index contributed by atoms with van der Waals surface area (Å²) in [6, 6.07) is 2.39. The summed E-state index contributed by atoms with van der Waals surface area (Å²) in [7, 11) is -4.02. The maximum absolute atomic E-state index is 13.0. The van der Waals surface area contributed by atoms with Crippen LogP contribution in [0.4, 0.5) is 18.9 Å². The van der Waals surface area contributed by atoms with Gasteiger partial charge in [-0.1, -0.05) is 18.0 Å². The normalized spacial score (nSPS) is 24.9. The number of fused-ring (bicyclic) bond motifs is 2. The maximum atomic E-state index is 13.0. The Morgan fingerprint density at radius 3 is 2.52 bits per heavy atom. The van der Waals surface area contributed by atoms with Crippen LogP contribution >= 0.6 is 11.6 Å². The van der Waals surface area contributed by atoms with Crippen LogP contribution in [0.25, 0.3) is 0 Å². The highest BCUT2D eigenvalue weighted by atomic mass is 35.5. The zero-order valence-corrected chi connectivity index (χ0v) is 16.2. The molecule has 0 unspecified atom stereocenters. The molecule has 3 atom stereocenters. The first-order chi connectivity index (χ1) is 12.4. The molecule has 2 fully saturated rings. The molecule has 2 saturated carbocycles. The van der Waals surface area contributed by atoms with E-state index in [0.717, 1.165) is 44.1 Å². The van der Waals surface area contributed by atoms with Gasteiger partial charge in [-0.25, -0.2) is 8.42 Å². The van der Waals surface area contributed by atoms with Crippen LogP contribution in [0.5, 0.6) is 0 Å². The maximum Gasteiger partial charge on any atom is 0.416 e. The van der Waals surface area contributed by atoms with Gasteiger partial charge in [-0.2, -0.15) is 13.2 Å². The van der Waals surface area contributed by atoms with E-state index in [1.165, 1.54) is 0 Å². The second-order valence-electron chi connectivity index (χ2n) is 7.28. The number of rotatable bonds is 5. The topological polar surface area (TPSA) is 66.5 Å². The van der Waals surface area contributed by atoms with Crippen LogP contribution in [-0.2, 0) is 21.0 Å². The van der Waals surface area contributed by atoms with Gasteiger partial charge in [0.25, 0.3) is 0 Å². The smallest absolute Gasteiger partial charge is 0.352 e. The van der Waals surface area contributed by atoms with Crippen molar-refractivity contribution in [2.45, 2.75) is 37.9 Å². The Hall–Kier alpha value is -1.48. The van der Waals surface area contributed by atoms with Gasteiger partial charge < -0.3 is 5.32 Å². The van der Waals surface area contributed by atoms with Gasteiger partial charge in [0.1, 0.15) is 6.54 Å². The Bertz CT molecular complexity index is 844. The number of benzene rings is 1. The van der Waals surface area contributed by atoms with Crippen molar-refractivity contribution in [3.8, 4) is 0 Å². The summed E-state index contributed by atoms with van der Waals surface area (Å²) in [6.07, 6.45) is 0.263. The number of amides is 1. The quantitative estimate of drug-likeness (QED) is 0.787. The van der Waals surface area contributed by atoms with E-state index in [0.29, 0.717) is 22.2 Å². The second kappa shape index (κ2) is 7.16. The lowest BCUT2D eigenvalue weighted by atomic mass is 9.95. The van der Waals surface area contributed by atoms with E-state index in [1.807, 2.05) is 0 Å². The molecule has 0 radical (unpaired) electrons. The fraction of sp³-hybridized carbons (Fsp3) is 0.588. The van der Waals surface area contributed by atoms with Crippen LogP contribution < -0.4 is 9.62 Å². The molecule has 0 aromatic heterocycles. The lowest BCUT2D eigenvalue weighted by Crippen LogP contribution is -2.45. The fourth-order valence-electron chi connectivity index (χ4n) is 4.07. The number of hydrogen-bond donors (Lipinski definition) is 1. The fourth-order valence-corrected chi connectivity index (χ4v) is 5.20. The molecule has 0 aliphatic heterocycles. The SMILES string of the molecule is CS(=O)(=O)N(CC(=O)N[C@H]1C[C@@H]2CC[C@@H]1C2)c1cc(C(F)(F)F)ccc1Cl. The predicted molar refractivity (Wildman–Crippen MR) is 96.0 cm³/mol. The minimum atomic E-state index is -4.66. The Labute approximate surface area is 160 Å². The molecule has 2 aliphatic rings. The standard InChI is InChI=1S/C17H20ClF3N2O3S/c1-27(25,26)23(15-8-12(17(19,20)21)4-5-13(15)18)9-16(24)22-14-7-10-2-3-11(14)6-10/h4-5,8,10-11,14H,2-3,6-7,9H2,1H3,(H,22,24)/t10-,11-,14+/m1/s1. The molecule has 1 amide bonds. The molecule has 0 spiro atoms. The zero-order chi connectivity index (χ0) is 20.0. The van der Waals surface area contributed by atoms with Crippen LogP contribution in [0.1, 0.15) is 31.2 Å². The van der Waals surface area contributed by atoms with Gasteiger partial charge in [0.2, 0.25) is 15.9 Å². The molecule has 0 heterocycles. The third-order valence-electron chi connectivity index (χ3n) is 5.31. The number of nitrogens with zero attached hydrogens (tertiary/aromatic N) is 1. The van der Waals surface area contributed by atoms with Crippen molar-refractivity contribution in [2.24, 2.45) is 11.8 Å². The number of alkyl halides is 3. The molecule has 2 aliphatic carbocycles. The van der Waals surface area contributed by atoms with Crippen molar-refractivity contribution >= 4 is 33.2 Å². The van der Waals surface area contributed by atoms with Gasteiger partial charge in [0, 0.05) is 6.04 Å². The Balaban J connectivity index is 1.82. The van der Waals surface area contributed by atoms with E-state index in [9.17, 15) is 26.4 Å². The molecule has 1 aromatic carbocycles. The molecule has 150 valence electrons. The van der Waals surface area contributed by atoms with Gasteiger partial charge in [0.05, 0.1) is 22.5 Å². The molecule has 5 nitrogen and oxygen atoms in total. The number of hydrogen-bond acceptors (Lipinski definition) is 3. The largest absolute Gasteiger partial charge is 0.416 e. The highest BCUT2D eigenvalue weighted by molar-refractivity contribution is 7.92. The van der Waals surface area contributed by atoms with Gasteiger partial charge in [-0.3, -0.25) is 9.10 Å². The number of sulfonamides is 1. The number of nitrogens with one attached hydrogen (secondary N) is 1. The molecule has 27 heavy (non-hydrogen) atoms. The Kier molecular flexibility index (Phi) is 5.37. The summed E-state index contributed by atoms with van der Waals surface area (Å²) in [5.41, 5.74) is -1.40. The monoisotopic (exact) mass is 424 g/mol. The summed E-state index contributed by atoms with van der Waals surface area (Å²) >= 11 is 5.95. The van der Waals surface area contributed by atoms with E-state index >= 15 is 0 Å². The minimum absolute atomic E-state index is 0.00496. The number of carbonyl (C=O) groups excluding carboxylic acids is 1. The summed E-state index contributed by atoms with van der Waals surface area (Å²) in [5, 5.41) is 2.66. The number of anilines is 1. The van der Waals surface area contributed by atoms with Gasteiger partial charge in [-0.05, 0) is 49.3 Å². The molecular formula is C17H20ClF3N2O3S. The molecule has 3 rings (SSSR count). The van der Waals surface area contributed by atoms with Crippen LogP contribution in [-0.4, -0.2) is 33.2 Å². The van der Waals surface area contributed by atoms with Crippen molar-refractivity contribution < 1.29 is 26.4 Å². The first-order valence-electron chi connectivity index (χ1n) is 8.59. The zero-order valence-electron chi connectivity index (χ0n) is 14.6. The molecule has 10 heteroatoms. The molecule has 1 aromatic rings. The Morgan fingerprint density at radius 1 is 1.30 bits per heavy atom. The van der Waals surface area contributed by atoms with Crippen LogP contribution in [0.15, 0.2) is 18.2 Å². The average molecular weight is 425 g/mol. The summed E-state index contributed by atoms with van der Waals surface area (Å²) in [6.45, 7) is -0.617. The van der Waals surface area contributed by atoms with Crippen LogP contribution in [0.2, 0.25) is 5.02 Å². The number of halogens is 4. The lowest BCUT2D eigenvalue weighted by molar-refractivity contribution is -0.137. The highest BCUT2D eigenvalue weighted by Crippen LogP contribution is 2.44. The third-order valence-corrected chi connectivity index (χ3v) is 6.76. The minimum Gasteiger partial charge on any atom is -0.352 e. The highest BCUT2D eigenvalue weighted by Gasteiger charge is 2.40. The lowest BCUT2D eigenvalue weighted by Gasteiger charge is -2.27. The van der Waals surface area contributed by atoms with Crippen molar-refractivity contribution in [1.29, 1.82) is 0 Å². The molecular weight excluding hydrogens is 405 g/mol. The number of carbonyl (C=O) groups is 1. The van der Waals surface area contributed by atoms with Crippen molar-refractivity contribution in [1.82, 2.24) is 5.32 Å². The van der Waals surface area contributed by atoms with E-state index in [-0.39, 0.29) is 16.8 Å². The summed E-state index contributed by atoms with van der Waals surface area (Å²) < 4.78 is 63.9. The average Bonchev–Trinajstić information content (AvgIpc) is 3.14. The predicted octanol–water partition coefficient (Wildman–Crippen LogP) is 3.43. The van der Waals surface area contributed by atoms with Crippen LogP contribution in [0, 0.1) is 11.8 Å². The first-order valence-corrected chi connectivity index (χ1v) is 10.8. The van der Waals surface area contributed by atoms with Gasteiger partial charge in [-0.15, -0.1) is 0 Å². The van der Waals surface area contributed by atoms with E-state index in [2.05, 4.69) is 5.32 Å².